The summed E-state index contributed by atoms with van der Waals surface area (Å²) in [7, 11) is 0. The largest absolute Gasteiger partial charge is 0.481 e. The highest BCUT2D eigenvalue weighted by atomic mass is 19.1. The average molecular weight is 489 g/mol. The molecule has 2 atom stereocenters. The summed E-state index contributed by atoms with van der Waals surface area (Å²) in [4.78, 5) is 27.6. The van der Waals surface area contributed by atoms with Gasteiger partial charge in [-0.15, -0.1) is 0 Å². The lowest BCUT2D eigenvalue weighted by Gasteiger charge is -2.38. The average Bonchev–Trinajstić information content (AvgIpc) is 2.89. The fraction of sp³-hybridized carbons (Fsp3) is 0.333. The number of ether oxygens (including phenoxy) is 1. The fourth-order valence-corrected chi connectivity index (χ4v) is 4.68. The predicted molar refractivity (Wildman–Crippen MR) is 138 cm³/mol. The number of amides is 2. The third-order valence-electron chi connectivity index (χ3n) is 6.66. The monoisotopic (exact) mass is 488 g/mol. The summed E-state index contributed by atoms with van der Waals surface area (Å²) in [6, 6.07) is 20.1. The molecule has 0 aromatic heterocycles. The minimum absolute atomic E-state index is 0.112. The minimum Gasteiger partial charge on any atom is -0.481 e. The molecule has 0 radical (unpaired) electrons. The molecule has 0 fully saturated rings. The van der Waals surface area contributed by atoms with Gasteiger partial charge in [-0.25, -0.2) is 4.39 Å². The van der Waals surface area contributed by atoms with E-state index in [1.54, 1.807) is 12.1 Å². The maximum atomic E-state index is 13.5. The van der Waals surface area contributed by atoms with Gasteiger partial charge < -0.3 is 15.0 Å². The van der Waals surface area contributed by atoms with Gasteiger partial charge in [-0.2, -0.15) is 0 Å². The number of nitrogens with one attached hydrogen (secondary N) is 1. The summed E-state index contributed by atoms with van der Waals surface area (Å²) in [5, 5.41) is 2.85. The van der Waals surface area contributed by atoms with Crippen molar-refractivity contribution in [1.82, 2.24) is 10.2 Å². The van der Waals surface area contributed by atoms with Crippen LogP contribution in [0, 0.1) is 12.7 Å². The van der Waals surface area contributed by atoms with Crippen molar-refractivity contribution in [2.75, 3.05) is 6.54 Å². The Morgan fingerprint density at radius 2 is 1.86 bits per heavy atom. The van der Waals surface area contributed by atoms with Crippen LogP contribution in [0.3, 0.4) is 0 Å². The Hall–Kier alpha value is -3.67. The fourth-order valence-electron chi connectivity index (χ4n) is 4.68. The molecule has 0 bridgehead atoms. The molecule has 1 N–H and O–H groups in total. The second-order valence-electron chi connectivity index (χ2n) is 9.23. The molecule has 1 heterocycles. The van der Waals surface area contributed by atoms with Crippen LogP contribution in [0.15, 0.2) is 66.7 Å². The first-order valence-electron chi connectivity index (χ1n) is 12.6. The number of benzene rings is 3. The molecular formula is C30H33FN2O3. The number of fused-ring (bicyclic) bond motifs is 1. The summed E-state index contributed by atoms with van der Waals surface area (Å²) >= 11 is 0. The number of halogens is 1. The quantitative estimate of drug-likeness (QED) is 0.456. The smallest absolute Gasteiger partial charge is 0.261 e. The molecule has 1 aliphatic rings. The molecule has 3 aromatic carbocycles. The number of hydrogen-bond donors (Lipinski definition) is 1. The summed E-state index contributed by atoms with van der Waals surface area (Å²) in [6.45, 7) is 6.71. The van der Waals surface area contributed by atoms with Crippen LogP contribution in [0.1, 0.15) is 60.5 Å². The molecule has 3 aromatic rings. The second-order valence-corrected chi connectivity index (χ2v) is 9.23. The van der Waals surface area contributed by atoms with Crippen LogP contribution in [0.5, 0.6) is 5.75 Å². The number of nitrogens with zero attached hydrogens (tertiary/aromatic N) is 1. The van der Waals surface area contributed by atoms with Crippen LogP contribution in [-0.2, 0) is 22.6 Å². The van der Waals surface area contributed by atoms with E-state index in [1.165, 1.54) is 17.7 Å². The molecule has 4 rings (SSSR count). The Bertz CT molecular complexity index is 1230. The van der Waals surface area contributed by atoms with E-state index in [9.17, 15) is 14.0 Å². The molecule has 2 amide bonds. The zero-order chi connectivity index (χ0) is 25.7. The topological polar surface area (TPSA) is 58.6 Å². The van der Waals surface area contributed by atoms with Crippen molar-refractivity contribution in [3.63, 3.8) is 0 Å². The van der Waals surface area contributed by atoms with Crippen LogP contribution in [0.25, 0.3) is 0 Å². The Morgan fingerprint density at radius 3 is 2.56 bits per heavy atom. The maximum Gasteiger partial charge on any atom is 0.261 e. The minimum atomic E-state index is -0.689. The number of carbonyl (C=O) groups excluding carboxylic acids is 2. The molecule has 188 valence electrons. The van der Waals surface area contributed by atoms with Crippen LogP contribution >= 0.6 is 0 Å². The summed E-state index contributed by atoms with van der Waals surface area (Å²) in [5.74, 6) is 0.111. The van der Waals surface area contributed by atoms with E-state index < -0.39 is 6.10 Å². The van der Waals surface area contributed by atoms with Crippen LogP contribution < -0.4 is 10.1 Å². The predicted octanol–water partition coefficient (Wildman–Crippen LogP) is 5.49. The molecule has 6 heteroatoms. The highest BCUT2D eigenvalue weighted by Crippen LogP contribution is 2.37. The third-order valence-corrected chi connectivity index (χ3v) is 6.66. The maximum absolute atomic E-state index is 13.5. The van der Waals surface area contributed by atoms with Gasteiger partial charge in [0.25, 0.3) is 5.91 Å². The molecular weight excluding hydrogens is 455 g/mol. The standard InChI is InChI=1S/C30H33FN2O3/c1-4-27(30(35)32-19-21-7-6-8-24(31)17-21)36-25-14-13-22-15-16-33(28(34)5-2)29(26(22)18-25)23-11-9-20(3)10-12-23/h6-14,17-18,27,29H,4-5,15-16,19H2,1-3H3,(H,32,35)/t27-,29-/m0/s1. The number of aryl methyl sites for hydroxylation is 1. The first kappa shape index (κ1) is 25.4. The third kappa shape index (κ3) is 5.76. The van der Waals surface area contributed by atoms with Crippen LogP contribution in [0.2, 0.25) is 0 Å². The number of hydrogen-bond acceptors (Lipinski definition) is 3. The van der Waals surface area contributed by atoms with E-state index >= 15 is 0 Å². The van der Waals surface area contributed by atoms with Gasteiger partial charge in [0.2, 0.25) is 5.91 Å². The Kier molecular flexibility index (Phi) is 8.04. The van der Waals surface area contributed by atoms with Gasteiger partial charge in [0.05, 0.1) is 6.04 Å². The first-order valence-corrected chi connectivity index (χ1v) is 12.6. The van der Waals surface area contributed by atoms with Gasteiger partial charge in [-0.1, -0.05) is 61.9 Å². The van der Waals surface area contributed by atoms with Crippen molar-refractivity contribution in [3.8, 4) is 5.75 Å². The van der Waals surface area contributed by atoms with Gasteiger partial charge in [-0.05, 0) is 66.3 Å². The van der Waals surface area contributed by atoms with Crippen molar-refractivity contribution in [1.29, 1.82) is 0 Å². The van der Waals surface area contributed by atoms with E-state index in [0.29, 0.717) is 30.7 Å². The molecule has 36 heavy (non-hydrogen) atoms. The number of carbonyl (C=O) groups is 2. The lowest BCUT2D eigenvalue weighted by atomic mass is 9.87. The molecule has 0 saturated carbocycles. The Morgan fingerprint density at radius 1 is 1.08 bits per heavy atom. The lowest BCUT2D eigenvalue weighted by Crippen LogP contribution is -2.40. The SMILES string of the molecule is CCC(=O)N1CCc2ccc(O[C@@H](CC)C(=O)NCc3cccc(F)c3)cc2[C@@H]1c1ccc(C)cc1. The van der Waals surface area contributed by atoms with Gasteiger partial charge >= 0.3 is 0 Å². The van der Waals surface area contributed by atoms with E-state index in [4.69, 9.17) is 4.74 Å². The van der Waals surface area contributed by atoms with Crippen molar-refractivity contribution in [3.05, 3.63) is 100 Å². The molecule has 5 nitrogen and oxygen atoms in total. The second kappa shape index (κ2) is 11.4. The van der Waals surface area contributed by atoms with Gasteiger partial charge in [-0.3, -0.25) is 9.59 Å². The molecule has 1 aliphatic heterocycles. The van der Waals surface area contributed by atoms with Crippen molar-refractivity contribution >= 4 is 11.8 Å². The van der Waals surface area contributed by atoms with E-state index in [1.807, 2.05) is 43.9 Å². The van der Waals surface area contributed by atoms with Gasteiger partial charge in [0.15, 0.2) is 6.10 Å². The van der Waals surface area contributed by atoms with Crippen LogP contribution in [-0.4, -0.2) is 29.4 Å². The van der Waals surface area contributed by atoms with Gasteiger partial charge in [0, 0.05) is 19.5 Å². The first-order chi connectivity index (χ1) is 17.4. The highest BCUT2D eigenvalue weighted by Gasteiger charge is 2.32. The normalized spacial score (nSPS) is 15.7. The van der Waals surface area contributed by atoms with Gasteiger partial charge in [0.1, 0.15) is 11.6 Å². The van der Waals surface area contributed by atoms with Crippen molar-refractivity contribution in [2.24, 2.45) is 0 Å². The van der Waals surface area contributed by atoms with E-state index in [0.717, 1.165) is 23.1 Å². The highest BCUT2D eigenvalue weighted by molar-refractivity contribution is 5.81. The molecule has 0 saturated heterocycles. The Balaban J connectivity index is 1.56. The zero-order valence-corrected chi connectivity index (χ0v) is 21.1. The lowest BCUT2D eigenvalue weighted by molar-refractivity contribution is -0.133. The van der Waals surface area contributed by atoms with Crippen molar-refractivity contribution < 1.29 is 18.7 Å². The molecule has 0 aliphatic carbocycles. The van der Waals surface area contributed by atoms with Crippen LogP contribution in [0.4, 0.5) is 4.39 Å². The number of rotatable bonds is 8. The summed E-state index contributed by atoms with van der Waals surface area (Å²) in [6.07, 6.45) is 1.01. The van der Waals surface area contributed by atoms with E-state index in [2.05, 4.69) is 29.6 Å². The van der Waals surface area contributed by atoms with E-state index in [-0.39, 0.29) is 30.2 Å². The summed E-state index contributed by atoms with van der Waals surface area (Å²) < 4.78 is 19.6. The molecule has 0 spiro atoms. The zero-order valence-electron chi connectivity index (χ0n) is 21.1. The van der Waals surface area contributed by atoms with Crippen molar-refractivity contribution in [2.45, 2.75) is 58.7 Å². The molecule has 0 unspecified atom stereocenters. The Labute approximate surface area is 212 Å². The summed E-state index contributed by atoms with van der Waals surface area (Å²) in [5.41, 5.74) is 5.11.